The first-order valence-electron chi connectivity index (χ1n) is 5.41. The molecule has 94 valence electrons. The van der Waals surface area contributed by atoms with Crippen molar-refractivity contribution in [3.8, 4) is 0 Å². The molecule has 0 amide bonds. The molecule has 0 saturated heterocycles. The van der Waals surface area contributed by atoms with Crippen LogP contribution in [0, 0.1) is 5.82 Å². The summed E-state index contributed by atoms with van der Waals surface area (Å²) in [5.74, 6) is -0.500. The van der Waals surface area contributed by atoms with Crippen molar-refractivity contribution in [3.05, 3.63) is 52.0 Å². The molecule has 0 saturated carbocycles. The molecule has 1 heterocycles. The summed E-state index contributed by atoms with van der Waals surface area (Å²) in [6.45, 7) is 0.668. The molecule has 2 aromatic rings. The van der Waals surface area contributed by atoms with Gasteiger partial charge in [0.05, 0.1) is 13.2 Å². The maximum atomic E-state index is 13.0. The normalized spacial score (nSPS) is 10.6. The Kier molecular flexibility index (Phi) is 4.49. The van der Waals surface area contributed by atoms with Crippen LogP contribution in [0.2, 0.25) is 0 Å². The minimum atomic E-state index is -1.69. The molecule has 0 unspecified atom stereocenters. The molecule has 0 aliphatic rings. The molecule has 3 nitrogen and oxygen atoms in total. The Hall–Kier alpha value is -1.21. The minimum Gasteiger partial charge on any atom is -0.423 e. The molecule has 1 aromatic heterocycles. The van der Waals surface area contributed by atoms with Gasteiger partial charge in [0.1, 0.15) is 5.82 Å². The second-order valence-electron chi connectivity index (χ2n) is 3.79. The molecule has 2 N–H and O–H groups in total. The van der Waals surface area contributed by atoms with Crippen LogP contribution in [-0.2, 0) is 18.0 Å². The monoisotopic (exact) mass is 266 g/mol. The molecular formula is C12H12BFO3S. The van der Waals surface area contributed by atoms with E-state index in [0.29, 0.717) is 12.2 Å². The van der Waals surface area contributed by atoms with Gasteiger partial charge >= 0.3 is 7.12 Å². The molecule has 1 aromatic carbocycles. The predicted molar refractivity (Wildman–Crippen MR) is 69.0 cm³/mol. The summed E-state index contributed by atoms with van der Waals surface area (Å²) < 4.78 is 18.5. The molecule has 0 atom stereocenters. The van der Waals surface area contributed by atoms with Gasteiger partial charge in [0.25, 0.3) is 0 Å². The van der Waals surface area contributed by atoms with E-state index in [1.807, 2.05) is 17.5 Å². The zero-order valence-corrected chi connectivity index (χ0v) is 10.4. The average Bonchev–Trinajstić information content (AvgIpc) is 2.84. The first-order valence-corrected chi connectivity index (χ1v) is 6.29. The van der Waals surface area contributed by atoms with E-state index in [-0.39, 0.29) is 12.1 Å². The fraction of sp³-hybridized carbons (Fsp3) is 0.167. The van der Waals surface area contributed by atoms with Crippen molar-refractivity contribution >= 4 is 23.9 Å². The van der Waals surface area contributed by atoms with Crippen molar-refractivity contribution < 1.29 is 19.2 Å². The standard InChI is InChI=1S/C12H12BFO3S/c14-10-4-3-9(12(6-10)13(15)16)7-17-8-11-2-1-5-18-11/h1-6,15-16H,7-8H2. The lowest BCUT2D eigenvalue weighted by Gasteiger charge is -2.09. The van der Waals surface area contributed by atoms with Crippen LogP contribution in [0.1, 0.15) is 10.4 Å². The van der Waals surface area contributed by atoms with Crippen molar-refractivity contribution in [1.82, 2.24) is 0 Å². The molecule has 6 heteroatoms. The Bertz CT molecular complexity index is 502. The Morgan fingerprint density at radius 1 is 1.22 bits per heavy atom. The van der Waals surface area contributed by atoms with Gasteiger partial charge in [-0.25, -0.2) is 4.39 Å². The van der Waals surface area contributed by atoms with Crippen LogP contribution in [0.3, 0.4) is 0 Å². The second kappa shape index (κ2) is 6.11. The number of hydrogen-bond donors (Lipinski definition) is 2. The molecule has 0 fully saturated rings. The highest BCUT2D eigenvalue weighted by Gasteiger charge is 2.16. The van der Waals surface area contributed by atoms with Gasteiger partial charge in [0, 0.05) is 4.88 Å². The summed E-state index contributed by atoms with van der Waals surface area (Å²) in [5.41, 5.74) is 0.712. The fourth-order valence-corrected chi connectivity index (χ4v) is 2.23. The third-order valence-electron chi connectivity index (χ3n) is 2.47. The van der Waals surface area contributed by atoms with Gasteiger partial charge in [0.2, 0.25) is 0 Å². The van der Waals surface area contributed by atoms with Gasteiger partial charge in [-0.2, -0.15) is 0 Å². The van der Waals surface area contributed by atoms with E-state index in [9.17, 15) is 4.39 Å². The van der Waals surface area contributed by atoms with Crippen molar-refractivity contribution in [1.29, 1.82) is 0 Å². The zero-order chi connectivity index (χ0) is 13.0. The highest BCUT2D eigenvalue weighted by atomic mass is 32.1. The van der Waals surface area contributed by atoms with E-state index < -0.39 is 12.9 Å². The van der Waals surface area contributed by atoms with E-state index in [2.05, 4.69) is 0 Å². The van der Waals surface area contributed by atoms with Crippen molar-refractivity contribution in [2.45, 2.75) is 13.2 Å². The van der Waals surface area contributed by atoms with Gasteiger partial charge in [-0.15, -0.1) is 11.3 Å². The van der Waals surface area contributed by atoms with Crippen LogP contribution in [0.4, 0.5) is 4.39 Å². The van der Waals surface area contributed by atoms with Crippen LogP contribution in [0.25, 0.3) is 0 Å². The van der Waals surface area contributed by atoms with Crippen LogP contribution in [0.5, 0.6) is 0 Å². The Morgan fingerprint density at radius 3 is 2.72 bits per heavy atom. The molecule has 0 bridgehead atoms. The van der Waals surface area contributed by atoms with E-state index in [1.165, 1.54) is 12.1 Å². The lowest BCUT2D eigenvalue weighted by molar-refractivity contribution is 0.109. The maximum Gasteiger partial charge on any atom is 0.488 e. The lowest BCUT2D eigenvalue weighted by atomic mass is 9.77. The highest BCUT2D eigenvalue weighted by Crippen LogP contribution is 2.11. The molecular weight excluding hydrogens is 254 g/mol. The highest BCUT2D eigenvalue weighted by molar-refractivity contribution is 7.09. The third kappa shape index (κ3) is 3.40. The Morgan fingerprint density at radius 2 is 2.06 bits per heavy atom. The molecule has 0 radical (unpaired) electrons. The largest absolute Gasteiger partial charge is 0.488 e. The SMILES string of the molecule is OB(O)c1cc(F)ccc1COCc1cccs1. The quantitative estimate of drug-likeness (QED) is 0.801. The number of ether oxygens (including phenoxy) is 1. The van der Waals surface area contributed by atoms with E-state index in [1.54, 1.807) is 11.3 Å². The maximum absolute atomic E-state index is 13.0. The lowest BCUT2D eigenvalue weighted by Crippen LogP contribution is -2.33. The summed E-state index contributed by atoms with van der Waals surface area (Å²) in [7, 11) is -1.69. The Labute approximate surface area is 109 Å². The number of hydrogen-bond acceptors (Lipinski definition) is 4. The van der Waals surface area contributed by atoms with Gasteiger partial charge < -0.3 is 14.8 Å². The van der Waals surface area contributed by atoms with E-state index in [4.69, 9.17) is 14.8 Å². The summed E-state index contributed by atoms with van der Waals surface area (Å²) in [4.78, 5) is 1.09. The number of halogens is 1. The van der Waals surface area contributed by atoms with Gasteiger partial charge in [0.15, 0.2) is 0 Å². The van der Waals surface area contributed by atoms with Crippen LogP contribution >= 0.6 is 11.3 Å². The Balaban J connectivity index is 2.00. The summed E-state index contributed by atoms with van der Waals surface area (Å²) in [5, 5.41) is 20.3. The molecule has 0 aliphatic carbocycles. The molecule has 2 rings (SSSR count). The predicted octanol–water partition coefficient (Wildman–Crippen LogP) is 1.28. The smallest absolute Gasteiger partial charge is 0.423 e. The molecule has 0 aliphatic heterocycles. The van der Waals surface area contributed by atoms with Crippen LogP contribution in [-0.4, -0.2) is 17.2 Å². The molecule has 0 spiro atoms. The molecule has 18 heavy (non-hydrogen) atoms. The van der Waals surface area contributed by atoms with Crippen LogP contribution in [0.15, 0.2) is 35.7 Å². The van der Waals surface area contributed by atoms with E-state index in [0.717, 1.165) is 10.9 Å². The van der Waals surface area contributed by atoms with Crippen LogP contribution < -0.4 is 5.46 Å². The number of thiophene rings is 1. The average molecular weight is 266 g/mol. The van der Waals surface area contributed by atoms with Crippen molar-refractivity contribution in [3.63, 3.8) is 0 Å². The summed E-state index contributed by atoms with van der Waals surface area (Å²) in [6.07, 6.45) is 0. The number of rotatable bonds is 5. The van der Waals surface area contributed by atoms with Crippen molar-refractivity contribution in [2.24, 2.45) is 0 Å². The third-order valence-corrected chi connectivity index (χ3v) is 3.32. The second-order valence-corrected chi connectivity index (χ2v) is 4.82. The first kappa shape index (κ1) is 13.2. The van der Waals surface area contributed by atoms with Gasteiger partial charge in [-0.3, -0.25) is 0 Å². The van der Waals surface area contributed by atoms with Gasteiger partial charge in [-0.1, -0.05) is 12.1 Å². The minimum absolute atomic E-state index is 0.140. The summed E-state index contributed by atoms with van der Waals surface area (Å²) in [6, 6.07) is 7.77. The first-order chi connectivity index (χ1) is 8.66. The topological polar surface area (TPSA) is 49.7 Å². The van der Waals surface area contributed by atoms with E-state index >= 15 is 0 Å². The fourth-order valence-electron chi connectivity index (χ4n) is 1.59. The summed E-state index contributed by atoms with van der Waals surface area (Å²) >= 11 is 1.59. The van der Waals surface area contributed by atoms with Crippen molar-refractivity contribution in [2.75, 3.05) is 0 Å². The zero-order valence-electron chi connectivity index (χ0n) is 9.54. The number of benzene rings is 1. The van der Waals surface area contributed by atoms with Gasteiger partial charge in [-0.05, 0) is 34.6 Å².